The maximum atomic E-state index is 13.2. The lowest BCUT2D eigenvalue weighted by molar-refractivity contribution is 0.554. The van der Waals surface area contributed by atoms with Gasteiger partial charge in [0.1, 0.15) is 5.82 Å². The fourth-order valence-electron chi connectivity index (χ4n) is 2.05. The van der Waals surface area contributed by atoms with Crippen molar-refractivity contribution in [3.05, 3.63) is 47.0 Å². The van der Waals surface area contributed by atoms with Crippen LogP contribution in [0.2, 0.25) is 0 Å². The maximum absolute atomic E-state index is 13.2. The zero-order valence-corrected chi connectivity index (χ0v) is 13.0. The Balaban J connectivity index is 2.04. The monoisotopic (exact) mass is 311 g/mol. The minimum Gasteiger partial charge on any atom is -0.268 e. The highest BCUT2D eigenvalue weighted by atomic mass is 32.2. The van der Waals surface area contributed by atoms with Crippen LogP contribution in [0.1, 0.15) is 17.0 Å². The SMILES string of the molecule is Cc1cc(C)n(CCNS(=O)(=O)c2ccc(F)c(C)c2)n1. The van der Waals surface area contributed by atoms with E-state index in [-0.39, 0.29) is 11.4 Å². The summed E-state index contributed by atoms with van der Waals surface area (Å²) in [7, 11) is -3.63. The number of hydrogen-bond acceptors (Lipinski definition) is 3. The Morgan fingerprint density at radius 1 is 1.24 bits per heavy atom. The van der Waals surface area contributed by atoms with E-state index in [1.807, 2.05) is 19.9 Å². The number of nitrogens with zero attached hydrogens (tertiary/aromatic N) is 2. The van der Waals surface area contributed by atoms with Gasteiger partial charge < -0.3 is 0 Å². The van der Waals surface area contributed by atoms with Crippen LogP contribution in [-0.2, 0) is 16.6 Å². The lowest BCUT2D eigenvalue weighted by atomic mass is 10.2. The molecule has 0 unspecified atom stereocenters. The molecule has 2 aromatic rings. The molecule has 0 spiro atoms. The molecule has 0 saturated carbocycles. The van der Waals surface area contributed by atoms with Crippen LogP contribution in [0.4, 0.5) is 4.39 Å². The highest BCUT2D eigenvalue weighted by Crippen LogP contribution is 2.14. The van der Waals surface area contributed by atoms with E-state index in [9.17, 15) is 12.8 Å². The Morgan fingerprint density at radius 3 is 2.52 bits per heavy atom. The predicted octanol–water partition coefficient (Wildman–Crippen LogP) is 1.93. The van der Waals surface area contributed by atoms with Crippen molar-refractivity contribution in [3.63, 3.8) is 0 Å². The van der Waals surface area contributed by atoms with Gasteiger partial charge in [-0.3, -0.25) is 4.68 Å². The molecule has 0 fully saturated rings. The van der Waals surface area contributed by atoms with E-state index in [1.165, 1.54) is 19.1 Å². The summed E-state index contributed by atoms with van der Waals surface area (Å²) in [4.78, 5) is 0.0646. The third-order valence-electron chi connectivity index (χ3n) is 3.16. The van der Waals surface area contributed by atoms with Gasteiger partial charge >= 0.3 is 0 Å². The van der Waals surface area contributed by atoms with E-state index in [2.05, 4.69) is 9.82 Å². The van der Waals surface area contributed by atoms with Crippen molar-refractivity contribution < 1.29 is 12.8 Å². The molecule has 5 nitrogen and oxygen atoms in total. The topological polar surface area (TPSA) is 64.0 Å². The number of sulfonamides is 1. The fraction of sp³-hybridized carbons (Fsp3) is 0.357. The van der Waals surface area contributed by atoms with Crippen LogP contribution in [0, 0.1) is 26.6 Å². The minimum atomic E-state index is -3.63. The molecule has 114 valence electrons. The summed E-state index contributed by atoms with van der Waals surface area (Å²) >= 11 is 0. The van der Waals surface area contributed by atoms with Gasteiger partial charge in [0.15, 0.2) is 0 Å². The second kappa shape index (κ2) is 5.95. The van der Waals surface area contributed by atoms with Gasteiger partial charge in [0.05, 0.1) is 17.1 Å². The standard InChI is InChI=1S/C14H18FN3O2S/c1-10-8-13(4-5-14(10)15)21(19,20)16-6-7-18-12(3)9-11(2)17-18/h4-5,8-9,16H,6-7H2,1-3H3. The summed E-state index contributed by atoms with van der Waals surface area (Å²) in [5.74, 6) is -0.420. The van der Waals surface area contributed by atoms with E-state index in [0.717, 1.165) is 17.5 Å². The Hall–Kier alpha value is -1.73. The van der Waals surface area contributed by atoms with Crippen LogP contribution >= 0.6 is 0 Å². The first-order chi connectivity index (χ1) is 9.79. The molecule has 0 aliphatic rings. The smallest absolute Gasteiger partial charge is 0.240 e. The molecule has 1 aromatic heterocycles. The van der Waals surface area contributed by atoms with Crippen molar-refractivity contribution >= 4 is 10.0 Å². The summed E-state index contributed by atoms with van der Waals surface area (Å²) in [6, 6.07) is 5.66. The molecular formula is C14H18FN3O2S. The highest BCUT2D eigenvalue weighted by Gasteiger charge is 2.15. The third-order valence-corrected chi connectivity index (χ3v) is 4.62. The van der Waals surface area contributed by atoms with E-state index in [4.69, 9.17) is 0 Å². The van der Waals surface area contributed by atoms with Crippen molar-refractivity contribution in [1.29, 1.82) is 0 Å². The Kier molecular flexibility index (Phi) is 4.43. The lowest BCUT2D eigenvalue weighted by Gasteiger charge is -2.09. The maximum Gasteiger partial charge on any atom is 0.240 e. The van der Waals surface area contributed by atoms with E-state index < -0.39 is 15.8 Å². The van der Waals surface area contributed by atoms with Crippen molar-refractivity contribution in [3.8, 4) is 0 Å². The van der Waals surface area contributed by atoms with Crippen LogP contribution in [0.15, 0.2) is 29.2 Å². The van der Waals surface area contributed by atoms with E-state index >= 15 is 0 Å². The first-order valence-corrected chi connectivity index (χ1v) is 8.05. The van der Waals surface area contributed by atoms with Crippen LogP contribution in [0.3, 0.4) is 0 Å². The molecule has 7 heteroatoms. The van der Waals surface area contributed by atoms with Gasteiger partial charge in [0.25, 0.3) is 0 Å². The highest BCUT2D eigenvalue weighted by molar-refractivity contribution is 7.89. The second-order valence-electron chi connectivity index (χ2n) is 4.96. The van der Waals surface area contributed by atoms with Crippen molar-refractivity contribution in [2.45, 2.75) is 32.2 Å². The third kappa shape index (κ3) is 3.68. The molecule has 1 aromatic carbocycles. The molecule has 0 bridgehead atoms. The van der Waals surface area contributed by atoms with E-state index in [0.29, 0.717) is 12.1 Å². The molecule has 0 aliphatic carbocycles. The zero-order valence-electron chi connectivity index (χ0n) is 12.2. The Labute approximate surface area is 123 Å². The van der Waals surface area contributed by atoms with Crippen molar-refractivity contribution in [2.75, 3.05) is 6.54 Å². The Bertz CT molecular complexity index is 754. The summed E-state index contributed by atoms with van der Waals surface area (Å²) in [6.45, 7) is 6.00. The first kappa shape index (κ1) is 15.7. The van der Waals surface area contributed by atoms with Gasteiger partial charge in [-0.25, -0.2) is 17.5 Å². The van der Waals surface area contributed by atoms with Gasteiger partial charge in [-0.15, -0.1) is 0 Å². The van der Waals surface area contributed by atoms with Crippen LogP contribution < -0.4 is 4.72 Å². The average molecular weight is 311 g/mol. The molecule has 0 aliphatic heterocycles. The fourth-order valence-corrected chi connectivity index (χ4v) is 3.16. The lowest BCUT2D eigenvalue weighted by Crippen LogP contribution is -2.28. The van der Waals surface area contributed by atoms with Gasteiger partial charge in [-0.2, -0.15) is 5.10 Å². The first-order valence-electron chi connectivity index (χ1n) is 6.56. The molecule has 21 heavy (non-hydrogen) atoms. The second-order valence-corrected chi connectivity index (χ2v) is 6.73. The minimum absolute atomic E-state index is 0.0646. The summed E-state index contributed by atoms with van der Waals surface area (Å²) < 4.78 is 41.6. The number of aromatic nitrogens is 2. The molecule has 0 amide bonds. The van der Waals surface area contributed by atoms with Gasteiger partial charge in [0, 0.05) is 12.2 Å². The summed E-state index contributed by atoms with van der Waals surface area (Å²) in [6.07, 6.45) is 0. The number of hydrogen-bond donors (Lipinski definition) is 1. The van der Waals surface area contributed by atoms with Gasteiger partial charge in [0.2, 0.25) is 10.0 Å². The molecule has 0 atom stereocenters. The number of nitrogens with one attached hydrogen (secondary N) is 1. The Morgan fingerprint density at radius 2 is 1.95 bits per heavy atom. The van der Waals surface area contributed by atoms with Crippen LogP contribution in [-0.4, -0.2) is 24.7 Å². The molecule has 0 saturated heterocycles. The number of aryl methyl sites for hydroxylation is 3. The molecule has 1 N–H and O–H groups in total. The summed E-state index contributed by atoms with van der Waals surface area (Å²) in [5.41, 5.74) is 2.17. The quantitative estimate of drug-likeness (QED) is 0.917. The number of halogens is 1. The predicted molar refractivity (Wildman–Crippen MR) is 78.0 cm³/mol. The van der Waals surface area contributed by atoms with Crippen LogP contribution in [0.25, 0.3) is 0 Å². The largest absolute Gasteiger partial charge is 0.268 e. The zero-order chi connectivity index (χ0) is 15.6. The van der Waals surface area contributed by atoms with Crippen molar-refractivity contribution in [1.82, 2.24) is 14.5 Å². The van der Waals surface area contributed by atoms with Crippen LogP contribution in [0.5, 0.6) is 0 Å². The summed E-state index contributed by atoms with van der Waals surface area (Å²) in [5, 5.41) is 4.26. The number of rotatable bonds is 5. The molecule has 0 radical (unpaired) electrons. The molecule has 2 rings (SSSR count). The van der Waals surface area contributed by atoms with Crippen molar-refractivity contribution in [2.24, 2.45) is 0 Å². The van der Waals surface area contributed by atoms with Gasteiger partial charge in [-0.1, -0.05) is 0 Å². The average Bonchev–Trinajstić information content (AvgIpc) is 2.71. The number of benzene rings is 1. The normalized spacial score (nSPS) is 11.8. The van der Waals surface area contributed by atoms with Gasteiger partial charge in [-0.05, 0) is 50.6 Å². The van der Waals surface area contributed by atoms with E-state index in [1.54, 1.807) is 4.68 Å². The molecular weight excluding hydrogens is 293 g/mol. The molecule has 1 heterocycles.